The van der Waals surface area contributed by atoms with Crippen LogP contribution >= 0.6 is 11.6 Å². The monoisotopic (exact) mass is 413 g/mol. The quantitative estimate of drug-likeness (QED) is 0.816. The van der Waals surface area contributed by atoms with Gasteiger partial charge < -0.3 is 14.8 Å². The van der Waals surface area contributed by atoms with E-state index >= 15 is 0 Å². The summed E-state index contributed by atoms with van der Waals surface area (Å²) >= 11 is 6.16. The number of anilines is 1. The summed E-state index contributed by atoms with van der Waals surface area (Å²) in [6, 6.07) is 11.0. The van der Waals surface area contributed by atoms with Crippen molar-refractivity contribution in [1.29, 1.82) is 0 Å². The lowest BCUT2D eigenvalue weighted by atomic mass is 10.1. The van der Waals surface area contributed by atoms with Crippen LogP contribution in [0, 0.1) is 6.92 Å². The minimum absolute atomic E-state index is 0.165. The van der Waals surface area contributed by atoms with Gasteiger partial charge in [-0.1, -0.05) is 23.7 Å². The number of hydrazone groups is 1. The third-order valence-corrected chi connectivity index (χ3v) is 5.24. The molecule has 8 heteroatoms. The van der Waals surface area contributed by atoms with E-state index in [1.807, 2.05) is 31.2 Å². The minimum atomic E-state index is -0.276. The first-order valence-electron chi connectivity index (χ1n) is 9.34. The summed E-state index contributed by atoms with van der Waals surface area (Å²) in [6.45, 7) is 2.56. The molecule has 4 rings (SSSR count). The van der Waals surface area contributed by atoms with Gasteiger partial charge in [0, 0.05) is 24.4 Å². The number of hydrogen-bond donors (Lipinski definition) is 1. The third-order valence-electron chi connectivity index (χ3n) is 4.83. The molecule has 0 saturated carbocycles. The van der Waals surface area contributed by atoms with E-state index in [9.17, 15) is 9.59 Å². The molecular weight excluding hydrogens is 394 g/mol. The molecule has 2 aliphatic heterocycles. The van der Waals surface area contributed by atoms with Gasteiger partial charge in [0.05, 0.1) is 5.69 Å². The zero-order valence-electron chi connectivity index (χ0n) is 15.9. The SMILES string of the molecule is Cc1ccc(N2N=C(C(=O)NCCc3ccc4c(c3)OCO4)CCC2=O)cc1Cl. The van der Waals surface area contributed by atoms with Crippen molar-refractivity contribution in [3.63, 3.8) is 0 Å². The summed E-state index contributed by atoms with van der Waals surface area (Å²) < 4.78 is 10.7. The minimum Gasteiger partial charge on any atom is -0.454 e. The van der Waals surface area contributed by atoms with Gasteiger partial charge in [-0.3, -0.25) is 9.59 Å². The number of nitrogens with one attached hydrogen (secondary N) is 1. The van der Waals surface area contributed by atoms with Gasteiger partial charge in [0.2, 0.25) is 12.7 Å². The number of rotatable bonds is 5. The van der Waals surface area contributed by atoms with Crippen molar-refractivity contribution in [2.24, 2.45) is 5.10 Å². The van der Waals surface area contributed by atoms with Crippen molar-refractivity contribution >= 4 is 34.8 Å². The lowest BCUT2D eigenvalue weighted by molar-refractivity contribution is -0.118. The maximum absolute atomic E-state index is 12.5. The number of nitrogens with zero attached hydrogens (tertiary/aromatic N) is 2. The summed E-state index contributed by atoms with van der Waals surface area (Å²) in [6.07, 6.45) is 1.18. The Morgan fingerprint density at radius 3 is 2.83 bits per heavy atom. The molecule has 0 atom stereocenters. The van der Waals surface area contributed by atoms with E-state index in [0.717, 1.165) is 22.6 Å². The van der Waals surface area contributed by atoms with Crippen LogP contribution in [0.2, 0.25) is 5.02 Å². The average molecular weight is 414 g/mol. The lowest BCUT2D eigenvalue weighted by Crippen LogP contribution is -2.39. The molecule has 0 aliphatic carbocycles. The molecular formula is C21H20ClN3O4. The first-order chi connectivity index (χ1) is 14.0. The summed E-state index contributed by atoms with van der Waals surface area (Å²) in [5, 5.41) is 8.94. The normalized spacial score (nSPS) is 15.3. The molecule has 0 saturated heterocycles. The molecule has 7 nitrogen and oxygen atoms in total. The Kier molecular flexibility index (Phi) is 5.40. The summed E-state index contributed by atoms with van der Waals surface area (Å²) in [5.41, 5.74) is 2.82. The van der Waals surface area contributed by atoms with Gasteiger partial charge in [0.1, 0.15) is 5.71 Å². The molecule has 0 radical (unpaired) electrons. The van der Waals surface area contributed by atoms with Crippen LogP contribution in [-0.2, 0) is 16.0 Å². The Labute approximate surface area is 173 Å². The predicted molar refractivity (Wildman–Crippen MR) is 110 cm³/mol. The van der Waals surface area contributed by atoms with Crippen molar-refractivity contribution in [2.75, 3.05) is 18.3 Å². The van der Waals surface area contributed by atoms with Crippen LogP contribution in [0.15, 0.2) is 41.5 Å². The highest BCUT2D eigenvalue weighted by atomic mass is 35.5. The number of ether oxygens (including phenoxy) is 2. The highest BCUT2D eigenvalue weighted by Crippen LogP contribution is 2.32. The van der Waals surface area contributed by atoms with Crippen LogP contribution in [0.3, 0.4) is 0 Å². The maximum atomic E-state index is 12.5. The van der Waals surface area contributed by atoms with Gasteiger partial charge in [-0.15, -0.1) is 0 Å². The van der Waals surface area contributed by atoms with Crippen LogP contribution in [0.5, 0.6) is 11.5 Å². The fourth-order valence-corrected chi connectivity index (χ4v) is 3.33. The van der Waals surface area contributed by atoms with E-state index < -0.39 is 0 Å². The highest BCUT2D eigenvalue weighted by molar-refractivity contribution is 6.40. The first kappa shape index (κ1) is 19.3. The topological polar surface area (TPSA) is 80.2 Å². The molecule has 2 aromatic rings. The zero-order chi connectivity index (χ0) is 20.4. The zero-order valence-corrected chi connectivity index (χ0v) is 16.7. The molecule has 2 aliphatic rings. The maximum Gasteiger partial charge on any atom is 0.267 e. The average Bonchev–Trinajstić information content (AvgIpc) is 3.18. The number of halogens is 1. The summed E-state index contributed by atoms with van der Waals surface area (Å²) in [4.78, 5) is 24.8. The molecule has 0 unspecified atom stereocenters. The van der Waals surface area contributed by atoms with Crippen molar-refractivity contribution in [1.82, 2.24) is 5.32 Å². The van der Waals surface area contributed by atoms with Gasteiger partial charge in [-0.25, -0.2) is 5.01 Å². The number of hydrogen-bond acceptors (Lipinski definition) is 5. The fourth-order valence-electron chi connectivity index (χ4n) is 3.15. The number of benzene rings is 2. The largest absolute Gasteiger partial charge is 0.454 e. The van der Waals surface area contributed by atoms with E-state index in [1.165, 1.54) is 5.01 Å². The van der Waals surface area contributed by atoms with Crippen molar-refractivity contribution in [3.05, 3.63) is 52.5 Å². The van der Waals surface area contributed by atoms with Crippen molar-refractivity contribution in [3.8, 4) is 11.5 Å². The van der Waals surface area contributed by atoms with E-state index in [2.05, 4.69) is 10.4 Å². The van der Waals surface area contributed by atoms with Crippen molar-refractivity contribution in [2.45, 2.75) is 26.2 Å². The third kappa shape index (κ3) is 4.19. The Morgan fingerprint density at radius 2 is 2.00 bits per heavy atom. The Balaban J connectivity index is 1.39. The molecule has 1 N–H and O–H groups in total. The number of aryl methyl sites for hydroxylation is 1. The molecule has 0 aromatic heterocycles. The molecule has 0 bridgehead atoms. The van der Waals surface area contributed by atoms with E-state index in [-0.39, 0.29) is 25.0 Å². The number of fused-ring (bicyclic) bond motifs is 1. The second-order valence-corrected chi connectivity index (χ2v) is 7.29. The standard InChI is InChI=1S/C21H20ClN3O4/c1-13-2-4-15(11-16(13)22)25-20(26)7-5-17(24-25)21(27)23-9-8-14-3-6-18-19(10-14)29-12-28-18/h2-4,6,10-11H,5,7-9,12H2,1H3,(H,23,27). The van der Waals surface area contributed by atoms with Gasteiger partial charge in [0.25, 0.3) is 5.91 Å². The molecule has 0 fully saturated rings. The summed E-state index contributed by atoms with van der Waals surface area (Å²) in [7, 11) is 0. The Morgan fingerprint density at radius 1 is 1.17 bits per heavy atom. The fraction of sp³-hybridized carbons (Fsp3) is 0.286. The number of carbonyl (C=O) groups is 2. The molecule has 2 heterocycles. The molecule has 2 aromatic carbocycles. The second kappa shape index (κ2) is 8.13. The van der Waals surface area contributed by atoms with Crippen LogP contribution in [0.25, 0.3) is 0 Å². The van der Waals surface area contributed by atoms with Gasteiger partial charge in [0.15, 0.2) is 11.5 Å². The smallest absolute Gasteiger partial charge is 0.267 e. The van der Waals surface area contributed by atoms with E-state index in [0.29, 0.717) is 35.8 Å². The second-order valence-electron chi connectivity index (χ2n) is 6.88. The van der Waals surface area contributed by atoms with Gasteiger partial charge in [-0.2, -0.15) is 5.10 Å². The highest BCUT2D eigenvalue weighted by Gasteiger charge is 2.25. The van der Waals surface area contributed by atoms with E-state index in [4.69, 9.17) is 21.1 Å². The van der Waals surface area contributed by atoms with Crippen LogP contribution in [-0.4, -0.2) is 30.9 Å². The van der Waals surface area contributed by atoms with Gasteiger partial charge >= 0.3 is 0 Å². The van der Waals surface area contributed by atoms with Crippen LogP contribution in [0.1, 0.15) is 24.0 Å². The Bertz CT molecular complexity index is 1010. The molecule has 0 spiro atoms. The van der Waals surface area contributed by atoms with Crippen LogP contribution in [0.4, 0.5) is 5.69 Å². The molecule has 2 amide bonds. The number of carbonyl (C=O) groups excluding carboxylic acids is 2. The first-order valence-corrected chi connectivity index (χ1v) is 9.72. The van der Waals surface area contributed by atoms with Crippen LogP contribution < -0.4 is 19.8 Å². The lowest BCUT2D eigenvalue weighted by Gasteiger charge is -2.23. The van der Waals surface area contributed by atoms with Gasteiger partial charge in [-0.05, 0) is 48.7 Å². The van der Waals surface area contributed by atoms with E-state index in [1.54, 1.807) is 12.1 Å². The predicted octanol–water partition coefficient (Wildman–Crippen LogP) is 3.22. The summed E-state index contributed by atoms with van der Waals surface area (Å²) in [5.74, 6) is 1.01. The molecule has 29 heavy (non-hydrogen) atoms. The van der Waals surface area contributed by atoms with Crippen molar-refractivity contribution < 1.29 is 19.1 Å². The molecule has 150 valence electrons. The number of amides is 2. The Hall–Kier alpha value is -3.06.